The zero-order chi connectivity index (χ0) is 14.5. The first kappa shape index (κ1) is 14.2. The number of aryl methyl sites for hydroxylation is 1. The molecule has 0 unspecified atom stereocenters. The second-order valence-electron chi connectivity index (χ2n) is 4.89. The fourth-order valence-electron chi connectivity index (χ4n) is 2.15. The van der Waals surface area contributed by atoms with Gasteiger partial charge in [-0.15, -0.1) is 10.2 Å². The van der Waals surface area contributed by atoms with Crippen molar-refractivity contribution in [2.24, 2.45) is 7.05 Å². The highest BCUT2D eigenvalue weighted by atomic mass is 16.1. The summed E-state index contributed by atoms with van der Waals surface area (Å²) < 4.78 is 1.95. The van der Waals surface area contributed by atoms with E-state index in [0.717, 1.165) is 23.8 Å². The lowest BCUT2D eigenvalue weighted by molar-refractivity contribution is -0.116. The Balaban J connectivity index is 2.03. The minimum absolute atomic E-state index is 0.00343. The summed E-state index contributed by atoms with van der Waals surface area (Å²) in [6.07, 6.45) is 1.27. The number of hydrogen-bond donors (Lipinski definition) is 1. The molecule has 5 heteroatoms. The Bertz CT molecular complexity index is 577. The van der Waals surface area contributed by atoms with Crippen molar-refractivity contribution in [3.63, 3.8) is 0 Å². The average Bonchev–Trinajstić information content (AvgIpc) is 2.78. The van der Waals surface area contributed by atoms with Gasteiger partial charge < -0.3 is 9.88 Å². The van der Waals surface area contributed by atoms with Crippen molar-refractivity contribution < 1.29 is 4.79 Å². The van der Waals surface area contributed by atoms with Crippen LogP contribution in [-0.4, -0.2) is 20.7 Å². The molecule has 0 radical (unpaired) electrons. The van der Waals surface area contributed by atoms with E-state index in [9.17, 15) is 4.79 Å². The minimum Gasteiger partial charge on any atom is -0.326 e. The van der Waals surface area contributed by atoms with Crippen LogP contribution in [-0.2, 0) is 11.8 Å². The van der Waals surface area contributed by atoms with Crippen LogP contribution in [0.1, 0.15) is 37.3 Å². The fraction of sp³-hybridized carbons (Fsp3) is 0.400. The number of carbonyl (C=O) groups is 1. The van der Waals surface area contributed by atoms with E-state index in [2.05, 4.69) is 22.4 Å². The van der Waals surface area contributed by atoms with E-state index in [1.165, 1.54) is 0 Å². The zero-order valence-corrected chi connectivity index (χ0v) is 12.1. The molecule has 1 aromatic carbocycles. The zero-order valence-electron chi connectivity index (χ0n) is 12.1. The van der Waals surface area contributed by atoms with Gasteiger partial charge in [-0.2, -0.15) is 0 Å². The minimum atomic E-state index is 0.00343. The number of benzene rings is 1. The molecule has 106 valence electrons. The predicted octanol–water partition coefficient (Wildman–Crippen LogP) is 2.65. The van der Waals surface area contributed by atoms with Crippen molar-refractivity contribution >= 4 is 11.6 Å². The summed E-state index contributed by atoms with van der Waals surface area (Å²) in [5.41, 5.74) is 0.821. The van der Waals surface area contributed by atoms with Crippen LogP contribution in [0.4, 0.5) is 5.69 Å². The molecule has 1 heterocycles. The second-order valence-corrected chi connectivity index (χ2v) is 4.89. The first-order valence-electron chi connectivity index (χ1n) is 6.82. The lowest BCUT2D eigenvalue weighted by Crippen LogP contribution is -2.17. The molecule has 1 N–H and O–H groups in total. The number of rotatable bonds is 5. The number of hydrogen-bond acceptors (Lipinski definition) is 3. The molecule has 0 aliphatic rings. The van der Waals surface area contributed by atoms with Gasteiger partial charge >= 0.3 is 0 Å². The first-order chi connectivity index (χ1) is 9.61. The first-order valence-corrected chi connectivity index (χ1v) is 6.82. The quantitative estimate of drug-likeness (QED) is 0.910. The van der Waals surface area contributed by atoms with Gasteiger partial charge in [-0.3, -0.25) is 4.79 Å². The van der Waals surface area contributed by atoms with Crippen LogP contribution in [0.5, 0.6) is 0 Å². The van der Waals surface area contributed by atoms with Gasteiger partial charge in [0.15, 0.2) is 0 Å². The van der Waals surface area contributed by atoms with Crippen molar-refractivity contribution in [2.45, 2.75) is 32.6 Å². The van der Waals surface area contributed by atoms with Gasteiger partial charge in [-0.25, -0.2) is 0 Å². The Labute approximate surface area is 119 Å². The van der Waals surface area contributed by atoms with E-state index in [1.54, 1.807) is 0 Å². The Morgan fingerprint density at radius 2 is 2.00 bits per heavy atom. The normalized spacial score (nSPS) is 12.2. The van der Waals surface area contributed by atoms with E-state index in [-0.39, 0.29) is 11.8 Å². The Morgan fingerprint density at radius 3 is 2.55 bits per heavy atom. The Hall–Kier alpha value is -2.17. The molecular formula is C15H20N4O. The van der Waals surface area contributed by atoms with E-state index in [1.807, 2.05) is 48.9 Å². The molecule has 0 saturated carbocycles. The molecule has 0 aliphatic carbocycles. The van der Waals surface area contributed by atoms with Gasteiger partial charge in [0.25, 0.3) is 0 Å². The number of aromatic nitrogens is 3. The second kappa shape index (κ2) is 6.32. The van der Waals surface area contributed by atoms with Crippen molar-refractivity contribution in [2.75, 3.05) is 5.32 Å². The number of amides is 1. The number of nitrogens with zero attached hydrogens (tertiary/aromatic N) is 3. The highest BCUT2D eigenvalue weighted by Crippen LogP contribution is 2.22. The number of para-hydroxylation sites is 1. The molecule has 0 bridgehead atoms. The van der Waals surface area contributed by atoms with Gasteiger partial charge in [-0.05, 0) is 25.5 Å². The summed E-state index contributed by atoms with van der Waals surface area (Å²) in [7, 11) is 1.93. The number of anilines is 1. The molecule has 0 fully saturated rings. The van der Waals surface area contributed by atoms with E-state index < -0.39 is 0 Å². The summed E-state index contributed by atoms with van der Waals surface area (Å²) >= 11 is 0. The smallest absolute Gasteiger partial charge is 0.225 e. The summed E-state index contributed by atoms with van der Waals surface area (Å²) in [5, 5.41) is 11.1. The monoisotopic (exact) mass is 272 g/mol. The summed E-state index contributed by atoms with van der Waals surface area (Å²) in [4.78, 5) is 12.1. The third-order valence-corrected chi connectivity index (χ3v) is 3.47. The van der Waals surface area contributed by atoms with Crippen LogP contribution < -0.4 is 5.32 Å². The maximum atomic E-state index is 12.1. The van der Waals surface area contributed by atoms with Crippen LogP contribution in [0.3, 0.4) is 0 Å². The van der Waals surface area contributed by atoms with Gasteiger partial charge in [0.05, 0.1) is 0 Å². The molecule has 2 rings (SSSR count). The van der Waals surface area contributed by atoms with Crippen molar-refractivity contribution in [3.8, 4) is 0 Å². The SMILES string of the molecule is CC[C@@H](CC(=O)Nc1ccccc1)c1nnc(C)n1C. The van der Waals surface area contributed by atoms with E-state index >= 15 is 0 Å². The predicted molar refractivity (Wildman–Crippen MR) is 78.5 cm³/mol. The van der Waals surface area contributed by atoms with E-state index in [4.69, 9.17) is 0 Å². The molecule has 2 aromatic rings. The van der Waals surface area contributed by atoms with Crippen LogP contribution >= 0.6 is 0 Å². The fourth-order valence-corrected chi connectivity index (χ4v) is 2.15. The molecule has 0 aliphatic heterocycles. The standard InChI is InChI=1S/C15H20N4O/c1-4-12(15-18-17-11(2)19(15)3)10-14(20)16-13-8-6-5-7-9-13/h5-9,12H,4,10H2,1-3H3,(H,16,20)/t12-/m0/s1. The van der Waals surface area contributed by atoms with Crippen molar-refractivity contribution in [3.05, 3.63) is 42.0 Å². The highest BCUT2D eigenvalue weighted by Gasteiger charge is 2.20. The molecule has 0 spiro atoms. The van der Waals surface area contributed by atoms with Gasteiger partial charge in [0.2, 0.25) is 5.91 Å². The van der Waals surface area contributed by atoms with Crippen molar-refractivity contribution in [1.82, 2.24) is 14.8 Å². The number of nitrogens with one attached hydrogen (secondary N) is 1. The molecular weight excluding hydrogens is 252 g/mol. The molecule has 5 nitrogen and oxygen atoms in total. The Morgan fingerprint density at radius 1 is 1.30 bits per heavy atom. The van der Waals surface area contributed by atoms with Crippen LogP contribution in [0.15, 0.2) is 30.3 Å². The van der Waals surface area contributed by atoms with Crippen LogP contribution in [0.25, 0.3) is 0 Å². The van der Waals surface area contributed by atoms with Gasteiger partial charge in [-0.1, -0.05) is 25.1 Å². The molecule has 1 aromatic heterocycles. The number of carbonyl (C=O) groups excluding carboxylic acids is 1. The van der Waals surface area contributed by atoms with Crippen LogP contribution in [0.2, 0.25) is 0 Å². The largest absolute Gasteiger partial charge is 0.326 e. The summed E-state index contributed by atoms with van der Waals surface area (Å²) in [6.45, 7) is 3.97. The third-order valence-electron chi connectivity index (χ3n) is 3.47. The van der Waals surface area contributed by atoms with Gasteiger partial charge in [0, 0.05) is 25.1 Å². The molecule has 20 heavy (non-hydrogen) atoms. The molecule has 0 saturated heterocycles. The molecule has 1 atom stereocenters. The topological polar surface area (TPSA) is 59.8 Å². The maximum Gasteiger partial charge on any atom is 0.225 e. The van der Waals surface area contributed by atoms with Crippen molar-refractivity contribution in [1.29, 1.82) is 0 Å². The van der Waals surface area contributed by atoms with Gasteiger partial charge in [0.1, 0.15) is 11.6 Å². The maximum absolute atomic E-state index is 12.1. The summed E-state index contributed by atoms with van der Waals surface area (Å²) in [6, 6.07) is 9.49. The lowest BCUT2D eigenvalue weighted by atomic mass is 10.0. The molecule has 1 amide bonds. The summed E-state index contributed by atoms with van der Waals surface area (Å²) in [5.74, 6) is 1.82. The lowest BCUT2D eigenvalue weighted by Gasteiger charge is -2.14. The van der Waals surface area contributed by atoms with Crippen LogP contribution in [0, 0.1) is 6.92 Å². The third kappa shape index (κ3) is 3.23. The average molecular weight is 272 g/mol. The Kier molecular flexibility index (Phi) is 4.50. The highest BCUT2D eigenvalue weighted by molar-refractivity contribution is 5.91. The van der Waals surface area contributed by atoms with E-state index in [0.29, 0.717) is 6.42 Å².